The Bertz CT molecular complexity index is 311. The van der Waals surface area contributed by atoms with E-state index in [1.165, 1.54) is 0 Å². The van der Waals surface area contributed by atoms with E-state index in [0.717, 1.165) is 6.42 Å². The van der Waals surface area contributed by atoms with Crippen molar-refractivity contribution in [2.45, 2.75) is 84.2 Å². The normalized spacial score (nSPS) is 26.1. The van der Waals surface area contributed by atoms with Crippen molar-refractivity contribution in [2.75, 3.05) is 0 Å². The molecular formula is C13H28BO4P. The van der Waals surface area contributed by atoms with Crippen LogP contribution in [0.4, 0.5) is 0 Å². The van der Waals surface area contributed by atoms with Crippen molar-refractivity contribution >= 4 is 15.5 Å². The van der Waals surface area contributed by atoms with Crippen LogP contribution < -0.4 is 0 Å². The monoisotopic (exact) mass is 290 g/mol. The average Bonchev–Trinajstić information content (AvgIpc) is 2.42. The fourth-order valence-corrected chi connectivity index (χ4v) is 3.13. The quantitative estimate of drug-likeness (QED) is 0.624. The second kappa shape index (κ2) is 5.27. The van der Waals surface area contributed by atoms with Gasteiger partial charge in [0.25, 0.3) is 0 Å². The third-order valence-electron chi connectivity index (χ3n) is 4.60. The van der Waals surface area contributed by atoms with Crippen molar-refractivity contribution in [2.24, 2.45) is 0 Å². The van der Waals surface area contributed by atoms with E-state index in [2.05, 4.69) is 0 Å². The highest BCUT2D eigenvalue weighted by molar-refractivity contribution is 7.69. The lowest BCUT2D eigenvalue weighted by Gasteiger charge is -2.39. The summed E-state index contributed by atoms with van der Waals surface area (Å²) in [5, 5.41) is 10.2. The first-order chi connectivity index (χ1) is 8.35. The van der Waals surface area contributed by atoms with E-state index in [1.807, 2.05) is 41.5 Å². The summed E-state index contributed by atoms with van der Waals surface area (Å²) in [6.07, 6.45) is 0.725. The average molecular weight is 290 g/mol. The molecule has 0 saturated carbocycles. The fourth-order valence-electron chi connectivity index (χ4n) is 1.70. The SMILES string of the molecule is CCC(C)(OPB1OC(C)(C)C(C)(C)O1)C(C)(C)O. The van der Waals surface area contributed by atoms with Crippen molar-refractivity contribution in [3.05, 3.63) is 0 Å². The molecule has 2 unspecified atom stereocenters. The van der Waals surface area contributed by atoms with E-state index >= 15 is 0 Å². The molecule has 6 heteroatoms. The Morgan fingerprint density at radius 1 is 1.11 bits per heavy atom. The molecule has 4 nitrogen and oxygen atoms in total. The highest BCUT2D eigenvalue weighted by atomic mass is 31.1. The molecule has 0 aliphatic carbocycles. The van der Waals surface area contributed by atoms with Gasteiger partial charge >= 0.3 is 6.84 Å². The molecule has 2 atom stereocenters. The summed E-state index contributed by atoms with van der Waals surface area (Å²) in [5.41, 5.74) is -2.19. The molecule has 1 rings (SSSR count). The van der Waals surface area contributed by atoms with Gasteiger partial charge in [-0.2, -0.15) is 0 Å². The first kappa shape index (κ1) is 17.4. The van der Waals surface area contributed by atoms with Crippen molar-refractivity contribution in [3.63, 3.8) is 0 Å². The van der Waals surface area contributed by atoms with Gasteiger partial charge in [0.2, 0.25) is 0 Å². The van der Waals surface area contributed by atoms with Gasteiger partial charge in [-0.05, 0) is 54.9 Å². The number of hydrogen-bond acceptors (Lipinski definition) is 4. The number of aliphatic hydroxyl groups is 1. The maximum Gasteiger partial charge on any atom is 0.512 e. The van der Waals surface area contributed by atoms with Crippen LogP contribution in [0.3, 0.4) is 0 Å². The molecule has 1 aliphatic heterocycles. The van der Waals surface area contributed by atoms with Crippen molar-refractivity contribution < 1.29 is 18.9 Å². The molecule has 0 aromatic rings. The molecule has 0 amide bonds. The van der Waals surface area contributed by atoms with Crippen LogP contribution in [0.25, 0.3) is 0 Å². The summed E-state index contributed by atoms with van der Waals surface area (Å²) < 4.78 is 17.7. The Kier molecular flexibility index (Phi) is 4.82. The van der Waals surface area contributed by atoms with Gasteiger partial charge in [0.05, 0.1) is 22.4 Å². The van der Waals surface area contributed by atoms with E-state index < -0.39 is 11.2 Å². The van der Waals surface area contributed by atoms with Gasteiger partial charge in [0.15, 0.2) is 0 Å². The molecule has 0 aromatic carbocycles. The zero-order chi connectivity index (χ0) is 15.1. The van der Waals surface area contributed by atoms with Gasteiger partial charge in [-0.25, -0.2) is 0 Å². The summed E-state index contributed by atoms with van der Waals surface area (Å²) >= 11 is 0. The third kappa shape index (κ3) is 3.51. The Labute approximate surface area is 119 Å². The minimum atomic E-state index is -0.904. The van der Waals surface area contributed by atoms with Crippen LogP contribution in [0.15, 0.2) is 0 Å². The lowest BCUT2D eigenvalue weighted by Crippen LogP contribution is -2.48. The molecule has 0 aromatic heterocycles. The molecule has 0 bridgehead atoms. The molecule has 1 N–H and O–H groups in total. The van der Waals surface area contributed by atoms with E-state index in [1.54, 1.807) is 13.8 Å². The predicted octanol–water partition coefficient (Wildman–Crippen LogP) is 3.13. The molecule has 19 heavy (non-hydrogen) atoms. The van der Waals surface area contributed by atoms with Crippen molar-refractivity contribution in [1.29, 1.82) is 0 Å². The van der Waals surface area contributed by atoms with E-state index in [0.29, 0.717) is 0 Å². The topological polar surface area (TPSA) is 47.9 Å². The Hall–Kier alpha value is 0.335. The number of hydrogen-bond donors (Lipinski definition) is 1. The lowest BCUT2D eigenvalue weighted by molar-refractivity contribution is -0.0967. The largest absolute Gasteiger partial charge is 0.512 e. The summed E-state index contributed by atoms with van der Waals surface area (Å²) in [6, 6.07) is 0. The zero-order valence-electron chi connectivity index (χ0n) is 13.5. The zero-order valence-corrected chi connectivity index (χ0v) is 14.5. The fraction of sp³-hybridized carbons (Fsp3) is 1.00. The first-order valence-corrected chi connectivity index (χ1v) is 7.85. The van der Waals surface area contributed by atoms with E-state index in [-0.39, 0.29) is 26.7 Å². The van der Waals surface area contributed by atoms with E-state index in [4.69, 9.17) is 13.8 Å². The molecule has 1 saturated heterocycles. The minimum Gasteiger partial charge on any atom is -0.398 e. The summed E-state index contributed by atoms with van der Waals surface area (Å²) in [6.45, 7) is 15.2. The van der Waals surface area contributed by atoms with Crippen LogP contribution in [0.2, 0.25) is 0 Å². The smallest absolute Gasteiger partial charge is 0.398 e. The molecule has 0 spiro atoms. The maximum absolute atomic E-state index is 10.2. The van der Waals surface area contributed by atoms with Crippen molar-refractivity contribution in [1.82, 2.24) is 0 Å². The third-order valence-corrected chi connectivity index (χ3v) is 5.60. The van der Waals surface area contributed by atoms with E-state index in [9.17, 15) is 5.11 Å². The maximum atomic E-state index is 10.2. The van der Waals surface area contributed by atoms with Gasteiger partial charge in [-0.15, -0.1) is 0 Å². The predicted molar refractivity (Wildman–Crippen MR) is 80.5 cm³/mol. The van der Waals surface area contributed by atoms with Gasteiger partial charge in [-0.3, -0.25) is 0 Å². The van der Waals surface area contributed by atoms with Crippen LogP contribution >= 0.6 is 8.69 Å². The van der Waals surface area contributed by atoms with Crippen LogP contribution in [-0.2, 0) is 13.8 Å². The van der Waals surface area contributed by atoms with Gasteiger partial charge in [0.1, 0.15) is 0 Å². The standard InChI is InChI=1S/C13H28BO4P/c1-9-13(8,10(2,3)15)18-19-14-16-11(4,5)12(6,7)17-14/h15,19H,9H2,1-8H3. The molecule has 1 heterocycles. The summed E-state index contributed by atoms with van der Waals surface area (Å²) in [4.78, 5) is 0. The molecule has 112 valence electrons. The van der Waals surface area contributed by atoms with Crippen LogP contribution in [0, 0.1) is 0 Å². The Balaban J connectivity index is 2.65. The summed E-state index contributed by atoms with van der Waals surface area (Å²) in [7, 11) is 0.0466. The highest BCUT2D eigenvalue weighted by Gasteiger charge is 2.52. The van der Waals surface area contributed by atoms with Crippen LogP contribution in [-0.4, -0.2) is 34.3 Å². The van der Waals surface area contributed by atoms with Crippen LogP contribution in [0.1, 0.15) is 61.8 Å². The van der Waals surface area contributed by atoms with Crippen molar-refractivity contribution in [3.8, 4) is 0 Å². The Morgan fingerprint density at radius 2 is 1.53 bits per heavy atom. The van der Waals surface area contributed by atoms with Gasteiger partial charge < -0.3 is 18.9 Å². The van der Waals surface area contributed by atoms with Gasteiger partial charge in [-0.1, -0.05) is 6.92 Å². The molecule has 1 aliphatic rings. The molecule has 0 radical (unpaired) electrons. The Morgan fingerprint density at radius 3 is 1.84 bits per heavy atom. The number of rotatable bonds is 5. The molecular weight excluding hydrogens is 262 g/mol. The highest BCUT2D eigenvalue weighted by Crippen LogP contribution is 2.44. The van der Waals surface area contributed by atoms with Gasteiger partial charge in [0, 0.05) is 8.69 Å². The lowest BCUT2D eigenvalue weighted by atomic mass is 9.86. The molecule has 1 fully saturated rings. The minimum absolute atomic E-state index is 0.0466. The van der Waals surface area contributed by atoms with Crippen LogP contribution in [0.5, 0.6) is 0 Å². The second-order valence-electron chi connectivity index (χ2n) is 6.95. The second-order valence-corrected chi connectivity index (χ2v) is 7.86. The first-order valence-electron chi connectivity index (χ1n) is 6.86. The summed E-state index contributed by atoms with van der Waals surface area (Å²) in [5.74, 6) is 0.